The Balaban J connectivity index is -0.000000301. The van der Waals surface area contributed by atoms with Gasteiger partial charge in [0.15, 0.2) is 0 Å². The van der Waals surface area contributed by atoms with Crippen molar-refractivity contribution in [2.24, 2.45) is 0 Å². The summed E-state index contributed by atoms with van der Waals surface area (Å²) >= 11 is -1.94. The van der Waals surface area contributed by atoms with Gasteiger partial charge in [0, 0.05) is 0 Å². The van der Waals surface area contributed by atoms with Gasteiger partial charge >= 0.3 is 42.4 Å². The van der Waals surface area contributed by atoms with E-state index in [1.165, 1.54) is 0 Å². The van der Waals surface area contributed by atoms with Crippen molar-refractivity contribution < 1.29 is 14.2 Å². The number of nitrogens with zero attached hydrogens (tertiary/aromatic N) is 6. The molecule has 0 unspecified atom stereocenters. The number of hydrogen-bond donors (Lipinski definition) is 0. The van der Waals surface area contributed by atoms with Crippen molar-refractivity contribution in [3.63, 3.8) is 0 Å². The van der Waals surface area contributed by atoms with Crippen LogP contribution in [0.5, 0.6) is 0 Å². The standard InChI is InChI=1S/2C6H18N3P.3ClH.Mo/c2*1-7(2)10(8(3)4)9(5)6;;;;/h2*1-6H3;3*1H;/q;;;;;+3/p-3. The van der Waals surface area contributed by atoms with Gasteiger partial charge in [-0.3, -0.25) is 28.0 Å². The summed E-state index contributed by atoms with van der Waals surface area (Å²) in [5, 5.41) is 0. The van der Waals surface area contributed by atoms with Crippen LogP contribution < -0.4 is 0 Å². The van der Waals surface area contributed by atoms with Crippen LogP contribution >= 0.6 is 45.0 Å². The second kappa shape index (κ2) is 17.3. The van der Waals surface area contributed by atoms with Crippen LogP contribution in [0.2, 0.25) is 0 Å². The first-order valence-electron chi connectivity index (χ1n) is 7.03. The first-order valence-corrected chi connectivity index (χ1v) is 17.2. The van der Waals surface area contributed by atoms with E-state index in [0.29, 0.717) is 0 Å². The molecule has 0 aliphatic rings. The zero-order valence-electron chi connectivity index (χ0n) is 17.1. The summed E-state index contributed by atoms with van der Waals surface area (Å²) in [7, 11) is 39.7. The molecule has 0 bridgehead atoms. The zero-order valence-corrected chi connectivity index (χ0v) is 23.2. The first-order chi connectivity index (χ1) is 10.7. The van der Waals surface area contributed by atoms with E-state index in [1.54, 1.807) is 0 Å². The molecule has 0 saturated heterocycles. The van der Waals surface area contributed by atoms with E-state index in [-0.39, 0.29) is 16.7 Å². The Morgan fingerprint density at radius 3 is 0.500 bits per heavy atom. The van der Waals surface area contributed by atoms with Gasteiger partial charge < -0.3 is 0 Å². The number of hydrogen-bond acceptors (Lipinski definition) is 6. The van der Waals surface area contributed by atoms with Crippen molar-refractivity contribution in [1.29, 1.82) is 0 Å². The maximum atomic E-state index is 4.98. The first kappa shape index (κ1) is 30.9. The predicted molar refractivity (Wildman–Crippen MR) is 114 cm³/mol. The van der Waals surface area contributed by atoms with Crippen LogP contribution in [0.25, 0.3) is 0 Å². The van der Waals surface area contributed by atoms with Gasteiger partial charge in [-0.1, -0.05) is 0 Å². The van der Waals surface area contributed by atoms with Crippen molar-refractivity contribution in [3.05, 3.63) is 0 Å². The number of rotatable bonds is 6. The molecular weight excluding hydrogens is 492 g/mol. The van der Waals surface area contributed by atoms with Gasteiger partial charge in [-0.15, -0.1) is 0 Å². The fourth-order valence-corrected chi connectivity index (χ4v) is 6.44. The second-order valence-electron chi connectivity index (χ2n) is 5.79. The summed E-state index contributed by atoms with van der Waals surface area (Å²) in [6, 6.07) is 0. The van der Waals surface area contributed by atoms with Gasteiger partial charge in [0.2, 0.25) is 0 Å². The molecule has 0 aromatic heterocycles. The van der Waals surface area contributed by atoms with Gasteiger partial charge in [0.25, 0.3) is 0 Å². The van der Waals surface area contributed by atoms with Crippen LogP contribution in [0.15, 0.2) is 0 Å². The van der Waals surface area contributed by atoms with Gasteiger partial charge in [0.05, 0.1) is 0 Å². The van der Waals surface area contributed by atoms with E-state index in [1.807, 2.05) is 0 Å². The molecule has 0 saturated carbocycles. The van der Waals surface area contributed by atoms with Crippen LogP contribution in [-0.2, 0) is 14.2 Å². The minimum absolute atomic E-state index is 0.238. The van der Waals surface area contributed by atoms with E-state index in [2.05, 4.69) is 113 Å². The summed E-state index contributed by atoms with van der Waals surface area (Å²) in [6.07, 6.45) is 0. The van der Waals surface area contributed by atoms with Crippen LogP contribution in [0.3, 0.4) is 0 Å². The molecule has 12 heteroatoms. The van der Waals surface area contributed by atoms with Crippen LogP contribution in [0, 0.1) is 0 Å². The molecule has 0 atom stereocenters. The van der Waals surface area contributed by atoms with E-state index in [0.717, 1.165) is 0 Å². The van der Waals surface area contributed by atoms with Crippen molar-refractivity contribution in [3.8, 4) is 0 Å². The molecule has 0 amide bonds. The van der Waals surface area contributed by atoms with Gasteiger partial charge in [-0.05, 0) is 84.6 Å². The summed E-state index contributed by atoms with van der Waals surface area (Å²) < 4.78 is 13.4. The summed E-state index contributed by atoms with van der Waals surface area (Å²) in [4.78, 5) is 0. The van der Waals surface area contributed by atoms with Crippen molar-refractivity contribution in [1.82, 2.24) is 28.0 Å². The summed E-state index contributed by atoms with van der Waals surface area (Å²) in [6.45, 7) is 0. The SMILES string of the molecule is CN(C)P(N(C)C)N(C)C.CN(C)P(N(C)C)N(C)C.[Cl][Mo]([Cl])[Cl]. The number of halogens is 3. The zero-order chi connectivity index (χ0) is 20.2. The van der Waals surface area contributed by atoms with Gasteiger partial charge in [-0.2, -0.15) is 0 Å². The molecule has 6 nitrogen and oxygen atoms in total. The molecule has 151 valence electrons. The van der Waals surface area contributed by atoms with Crippen molar-refractivity contribution in [2.75, 3.05) is 84.6 Å². The second-order valence-corrected chi connectivity index (χ2v) is 20.8. The normalized spacial score (nSPS) is 12.0. The molecule has 0 aliphatic heterocycles. The molecule has 0 aromatic rings. The topological polar surface area (TPSA) is 19.4 Å². The molecule has 0 N–H and O–H groups in total. The van der Waals surface area contributed by atoms with Crippen LogP contribution in [0.1, 0.15) is 0 Å². The Morgan fingerprint density at radius 1 is 0.417 bits per heavy atom. The van der Waals surface area contributed by atoms with E-state index < -0.39 is 14.2 Å². The third kappa shape index (κ3) is 19.0. The Bertz CT molecular complexity index is 223. The predicted octanol–water partition coefficient (Wildman–Crippen LogP) is 3.86. The molecule has 0 radical (unpaired) electrons. The third-order valence-electron chi connectivity index (χ3n) is 2.15. The molecule has 0 aromatic carbocycles. The van der Waals surface area contributed by atoms with Crippen LogP contribution in [0.4, 0.5) is 0 Å². The molecule has 0 fully saturated rings. The van der Waals surface area contributed by atoms with Gasteiger partial charge in [0.1, 0.15) is 16.7 Å². The Morgan fingerprint density at radius 2 is 0.500 bits per heavy atom. The molecular formula is C12H36Cl3MoN6P2. The third-order valence-corrected chi connectivity index (χ3v) is 6.44. The minimum atomic E-state index is -1.94. The average molecular weight is 529 g/mol. The van der Waals surface area contributed by atoms with Gasteiger partial charge in [-0.25, -0.2) is 0 Å². The van der Waals surface area contributed by atoms with Crippen LogP contribution in [-0.4, -0.2) is 113 Å². The van der Waals surface area contributed by atoms with Crippen molar-refractivity contribution in [2.45, 2.75) is 0 Å². The molecule has 0 heterocycles. The fraction of sp³-hybridized carbons (Fsp3) is 1.00. The molecule has 0 spiro atoms. The van der Waals surface area contributed by atoms with Crippen molar-refractivity contribution >= 4 is 45.0 Å². The monoisotopic (exact) mass is 529 g/mol. The Kier molecular flexibility index (Phi) is 22.3. The molecule has 0 rings (SSSR count). The Hall–Kier alpha value is 2.18. The van der Waals surface area contributed by atoms with E-state index >= 15 is 0 Å². The fourth-order valence-electron chi connectivity index (χ4n) is 2.15. The maximum absolute atomic E-state index is 4.98. The van der Waals surface area contributed by atoms with E-state index in [4.69, 9.17) is 28.3 Å². The quantitative estimate of drug-likeness (QED) is 0.383. The van der Waals surface area contributed by atoms with E-state index in [9.17, 15) is 0 Å². The summed E-state index contributed by atoms with van der Waals surface area (Å²) in [5.41, 5.74) is 0. The molecule has 0 aliphatic carbocycles. The Labute approximate surface area is 171 Å². The molecule has 24 heavy (non-hydrogen) atoms. The summed E-state index contributed by atoms with van der Waals surface area (Å²) in [5.74, 6) is 0. The average Bonchev–Trinajstić information content (AvgIpc) is 2.23.